The smallest absolute Gasteiger partial charge is 0.228 e. The van der Waals surface area contributed by atoms with E-state index in [1.54, 1.807) is 0 Å². The molecule has 0 aliphatic carbocycles. The van der Waals surface area contributed by atoms with Crippen LogP contribution in [0.2, 0.25) is 0 Å². The molecule has 0 radical (unpaired) electrons. The van der Waals surface area contributed by atoms with Gasteiger partial charge in [0.2, 0.25) is 5.78 Å². The van der Waals surface area contributed by atoms with Crippen LogP contribution in [0.15, 0.2) is 46.9 Å². The summed E-state index contributed by atoms with van der Waals surface area (Å²) in [6.45, 7) is 6.00. The monoisotopic (exact) mass is 264 g/mol. The third kappa shape index (κ3) is 2.14. The first kappa shape index (κ1) is 12.7. The summed E-state index contributed by atoms with van der Waals surface area (Å²) in [7, 11) is 0. The van der Waals surface area contributed by atoms with E-state index in [0.717, 1.165) is 27.7 Å². The minimum Gasteiger partial charge on any atom is -0.453 e. The largest absolute Gasteiger partial charge is 0.453 e. The lowest BCUT2D eigenvalue weighted by Crippen LogP contribution is -2.02. The maximum atomic E-state index is 12.5. The highest BCUT2D eigenvalue weighted by Gasteiger charge is 2.16. The number of hydrogen-bond donors (Lipinski definition) is 0. The van der Waals surface area contributed by atoms with Gasteiger partial charge >= 0.3 is 0 Å². The first-order valence-electron chi connectivity index (χ1n) is 6.67. The normalized spacial score (nSPS) is 10.9. The molecule has 0 fully saturated rings. The Bertz CT molecular complexity index is 809. The quantitative estimate of drug-likeness (QED) is 0.634. The molecule has 0 N–H and O–H groups in total. The molecule has 0 unspecified atom stereocenters. The average molecular weight is 264 g/mol. The molecule has 100 valence electrons. The van der Waals surface area contributed by atoms with Crippen LogP contribution in [0.25, 0.3) is 11.0 Å². The van der Waals surface area contributed by atoms with Gasteiger partial charge in [-0.3, -0.25) is 4.79 Å². The van der Waals surface area contributed by atoms with Gasteiger partial charge in [-0.2, -0.15) is 0 Å². The Morgan fingerprint density at radius 3 is 2.35 bits per heavy atom. The molecule has 0 aliphatic rings. The zero-order valence-electron chi connectivity index (χ0n) is 11.9. The summed E-state index contributed by atoms with van der Waals surface area (Å²) in [5.41, 5.74) is 4.74. The predicted octanol–water partition coefficient (Wildman–Crippen LogP) is 4.59. The van der Waals surface area contributed by atoms with Crippen LogP contribution >= 0.6 is 0 Å². The van der Waals surface area contributed by atoms with E-state index in [1.165, 1.54) is 0 Å². The van der Waals surface area contributed by atoms with Crippen LogP contribution in [0.3, 0.4) is 0 Å². The Kier molecular flexibility index (Phi) is 2.94. The molecule has 0 spiro atoms. The van der Waals surface area contributed by atoms with E-state index in [-0.39, 0.29) is 5.78 Å². The molecule has 0 amide bonds. The number of aryl methyl sites for hydroxylation is 3. The van der Waals surface area contributed by atoms with Gasteiger partial charge < -0.3 is 4.42 Å². The van der Waals surface area contributed by atoms with Gasteiger partial charge in [0, 0.05) is 10.9 Å². The van der Waals surface area contributed by atoms with Crippen LogP contribution in [-0.2, 0) is 0 Å². The van der Waals surface area contributed by atoms with Gasteiger partial charge in [-0.05, 0) is 44.5 Å². The highest BCUT2D eigenvalue weighted by atomic mass is 16.3. The standard InChI is InChI=1S/C18H16O2/c1-11-4-6-15(13(3)8-11)18(19)17-10-14-9-12(2)5-7-16(14)20-17/h4-10H,1-3H3. The van der Waals surface area contributed by atoms with Crippen LogP contribution < -0.4 is 0 Å². The molecule has 3 rings (SSSR count). The van der Waals surface area contributed by atoms with Gasteiger partial charge in [0.15, 0.2) is 5.76 Å². The van der Waals surface area contributed by atoms with Crippen LogP contribution in [-0.4, -0.2) is 5.78 Å². The lowest BCUT2D eigenvalue weighted by atomic mass is 10.0. The van der Waals surface area contributed by atoms with E-state index >= 15 is 0 Å². The van der Waals surface area contributed by atoms with E-state index in [9.17, 15) is 4.79 Å². The maximum Gasteiger partial charge on any atom is 0.228 e. The van der Waals surface area contributed by atoms with Crippen molar-refractivity contribution in [1.29, 1.82) is 0 Å². The van der Waals surface area contributed by atoms with E-state index in [2.05, 4.69) is 0 Å². The molecule has 0 atom stereocenters. The number of ketones is 1. The lowest BCUT2D eigenvalue weighted by molar-refractivity contribution is 0.101. The van der Waals surface area contributed by atoms with Crippen LogP contribution in [0, 0.1) is 20.8 Å². The fourth-order valence-corrected chi connectivity index (χ4v) is 2.48. The minimum atomic E-state index is -0.0589. The summed E-state index contributed by atoms with van der Waals surface area (Å²) < 4.78 is 5.67. The van der Waals surface area contributed by atoms with Gasteiger partial charge in [0.25, 0.3) is 0 Å². The number of carbonyl (C=O) groups is 1. The Balaban J connectivity index is 2.08. The Morgan fingerprint density at radius 1 is 0.900 bits per heavy atom. The molecule has 2 aromatic carbocycles. The summed E-state index contributed by atoms with van der Waals surface area (Å²) in [4.78, 5) is 12.5. The second-order valence-electron chi connectivity index (χ2n) is 5.30. The summed E-state index contributed by atoms with van der Waals surface area (Å²) in [5, 5.41) is 0.970. The van der Waals surface area contributed by atoms with Crippen LogP contribution in [0.1, 0.15) is 32.8 Å². The van der Waals surface area contributed by atoms with Crippen molar-refractivity contribution in [3.8, 4) is 0 Å². The van der Waals surface area contributed by atoms with Gasteiger partial charge in [0.05, 0.1) is 0 Å². The van der Waals surface area contributed by atoms with E-state index < -0.39 is 0 Å². The molecule has 0 saturated carbocycles. The first-order chi connectivity index (χ1) is 9.54. The number of hydrogen-bond acceptors (Lipinski definition) is 2. The Morgan fingerprint density at radius 2 is 1.60 bits per heavy atom. The number of carbonyl (C=O) groups excluding carboxylic acids is 1. The first-order valence-corrected chi connectivity index (χ1v) is 6.67. The highest BCUT2D eigenvalue weighted by Crippen LogP contribution is 2.23. The molecule has 2 nitrogen and oxygen atoms in total. The van der Waals surface area contributed by atoms with Gasteiger partial charge in [0.1, 0.15) is 5.58 Å². The molecule has 3 aromatic rings. The number of fused-ring (bicyclic) bond motifs is 1. The second-order valence-corrected chi connectivity index (χ2v) is 5.30. The summed E-state index contributed by atoms with van der Waals surface area (Å²) >= 11 is 0. The van der Waals surface area contributed by atoms with Crippen molar-refractivity contribution in [3.05, 3.63) is 70.5 Å². The van der Waals surface area contributed by atoms with Gasteiger partial charge in [-0.25, -0.2) is 0 Å². The number of furan rings is 1. The van der Waals surface area contributed by atoms with Crippen LogP contribution in [0.4, 0.5) is 0 Å². The minimum absolute atomic E-state index is 0.0589. The molecule has 1 heterocycles. The zero-order chi connectivity index (χ0) is 14.3. The Labute approximate surface area is 118 Å². The fourth-order valence-electron chi connectivity index (χ4n) is 2.48. The van der Waals surface area contributed by atoms with Crippen molar-refractivity contribution in [1.82, 2.24) is 0 Å². The molecule has 0 bridgehead atoms. The molecule has 2 heteroatoms. The molecular formula is C18H16O2. The maximum absolute atomic E-state index is 12.5. The zero-order valence-corrected chi connectivity index (χ0v) is 11.9. The van der Waals surface area contributed by atoms with Crippen molar-refractivity contribution in [2.45, 2.75) is 20.8 Å². The summed E-state index contributed by atoms with van der Waals surface area (Å²) in [5.74, 6) is 0.342. The van der Waals surface area contributed by atoms with Crippen molar-refractivity contribution in [3.63, 3.8) is 0 Å². The predicted molar refractivity (Wildman–Crippen MR) is 80.3 cm³/mol. The lowest BCUT2D eigenvalue weighted by Gasteiger charge is -2.03. The molecule has 0 aliphatic heterocycles. The van der Waals surface area contributed by atoms with Gasteiger partial charge in [-0.15, -0.1) is 0 Å². The SMILES string of the molecule is Cc1ccc(C(=O)c2cc3cc(C)ccc3o2)c(C)c1. The molecular weight excluding hydrogens is 248 g/mol. The average Bonchev–Trinajstić information content (AvgIpc) is 2.81. The van der Waals surface area contributed by atoms with Crippen LogP contribution in [0.5, 0.6) is 0 Å². The fraction of sp³-hybridized carbons (Fsp3) is 0.167. The van der Waals surface area contributed by atoms with Gasteiger partial charge in [-0.1, -0.05) is 35.4 Å². The van der Waals surface area contributed by atoms with Crippen molar-refractivity contribution in [2.75, 3.05) is 0 Å². The van der Waals surface area contributed by atoms with Crippen molar-refractivity contribution >= 4 is 16.8 Å². The number of rotatable bonds is 2. The van der Waals surface area contributed by atoms with Crippen molar-refractivity contribution in [2.24, 2.45) is 0 Å². The Hall–Kier alpha value is -2.35. The summed E-state index contributed by atoms with van der Waals surface area (Å²) in [6, 6.07) is 13.6. The van der Waals surface area contributed by atoms with E-state index in [0.29, 0.717) is 11.3 Å². The summed E-state index contributed by atoms with van der Waals surface area (Å²) in [6.07, 6.45) is 0. The highest BCUT2D eigenvalue weighted by molar-refractivity contribution is 6.09. The van der Waals surface area contributed by atoms with E-state index in [1.807, 2.05) is 63.2 Å². The third-order valence-corrected chi connectivity index (χ3v) is 3.52. The molecule has 0 saturated heterocycles. The third-order valence-electron chi connectivity index (χ3n) is 3.52. The number of benzene rings is 2. The molecule has 1 aromatic heterocycles. The second kappa shape index (κ2) is 4.64. The molecule has 20 heavy (non-hydrogen) atoms. The van der Waals surface area contributed by atoms with E-state index in [4.69, 9.17) is 4.42 Å². The topological polar surface area (TPSA) is 30.2 Å². The van der Waals surface area contributed by atoms with Crippen molar-refractivity contribution < 1.29 is 9.21 Å².